The third-order valence-corrected chi connectivity index (χ3v) is 3.96. The van der Waals surface area contributed by atoms with Crippen molar-refractivity contribution in [2.75, 3.05) is 4.90 Å². The topological polar surface area (TPSA) is 85.5 Å². The van der Waals surface area contributed by atoms with E-state index in [9.17, 15) is 22.8 Å². The fourth-order valence-corrected chi connectivity index (χ4v) is 2.83. The van der Waals surface area contributed by atoms with Crippen LogP contribution < -0.4 is 4.90 Å². The van der Waals surface area contributed by atoms with Crippen LogP contribution in [0.15, 0.2) is 28.8 Å². The van der Waals surface area contributed by atoms with E-state index in [2.05, 4.69) is 14.7 Å². The Bertz CT molecular complexity index is 885. The lowest BCUT2D eigenvalue weighted by Crippen LogP contribution is -2.42. The summed E-state index contributed by atoms with van der Waals surface area (Å²) in [5.41, 5.74) is 0.0256. The molecule has 1 aromatic heterocycles. The number of amides is 1. The number of carbonyl (C=O) groups is 2. The van der Waals surface area contributed by atoms with Gasteiger partial charge in [0.15, 0.2) is 0 Å². The molecule has 0 radical (unpaired) electrons. The highest BCUT2D eigenvalue weighted by Crippen LogP contribution is 2.32. The Hall–Kier alpha value is -2.91. The molecular weight excluding hydrogens is 379 g/mol. The van der Waals surface area contributed by atoms with E-state index in [4.69, 9.17) is 4.74 Å². The Morgan fingerprint density at radius 3 is 2.39 bits per heavy atom. The molecule has 0 spiro atoms. The molecule has 0 N–H and O–H groups in total. The second kappa shape index (κ2) is 6.92. The summed E-state index contributed by atoms with van der Waals surface area (Å²) in [6.07, 6.45) is -4.20. The van der Waals surface area contributed by atoms with Gasteiger partial charge in [-0.2, -0.15) is 18.2 Å². The molecule has 1 saturated heterocycles. The summed E-state index contributed by atoms with van der Waals surface area (Å²) in [4.78, 5) is 29.4. The van der Waals surface area contributed by atoms with Crippen LogP contribution in [0.25, 0.3) is 11.4 Å². The second-order valence-corrected chi connectivity index (χ2v) is 7.32. The van der Waals surface area contributed by atoms with E-state index in [0.29, 0.717) is 12.1 Å². The van der Waals surface area contributed by atoms with Crippen LogP contribution in [-0.4, -0.2) is 33.7 Å². The number of hydrogen-bond donors (Lipinski definition) is 0. The van der Waals surface area contributed by atoms with E-state index in [1.165, 1.54) is 29.2 Å². The normalized spacial score (nSPS) is 17.9. The van der Waals surface area contributed by atoms with Gasteiger partial charge < -0.3 is 9.26 Å². The lowest BCUT2D eigenvalue weighted by Gasteiger charge is -2.27. The maximum absolute atomic E-state index is 12.6. The Labute approximate surface area is 158 Å². The first-order chi connectivity index (χ1) is 13.0. The molecule has 28 heavy (non-hydrogen) atoms. The number of hydrogen-bond acceptors (Lipinski definition) is 6. The molecule has 0 unspecified atom stereocenters. The fourth-order valence-electron chi connectivity index (χ4n) is 2.83. The van der Waals surface area contributed by atoms with Crippen LogP contribution in [0, 0.1) is 0 Å². The monoisotopic (exact) mass is 397 g/mol. The lowest BCUT2D eigenvalue weighted by molar-refractivity contribution is -0.159. The number of ether oxygens (including phenoxy) is 1. The molecule has 0 saturated carbocycles. The summed E-state index contributed by atoms with van der Waals surface area (Å²) in [5, 5.41) is 3.32. The molecule has 1 aliphatic rings. The molecule has 1 atom stereocenters. The Kier molecular flexibility index (Phi) is 4.90. The second-order valence-electron chi connectivity index (χ2n) is 7.32. The van der Waals surface area contributed by atoms with Gasteiger partial charge in [0.25, 0.3) is 0 Å². The molecule has 3 rings (SSSR count). The van der Waals surface area contributed by atoms with Crippen molar-refractivity contribution in [3.8, 4) is 11.4 Å². The Morgan fingerprint density at radius 1 is 1.21 bits per heavy atom. The first-order valence-electron chi connectivity index (χ1n) is 8.52. The minimum absolute atomic E-state index is 0.200. The van der Waals surface area contributed by atoms with Crippen LogP contribution in [0.1, 0.15) is 39.5 Å². The minimum atomic E-state index is -4.73. The minimum Gasteiger partial charge on any atom is -0.458 e. The van der Waals surface area contributed by atoms with Crippen molar-refractivity contribution in [1.29, 1.82) is 0 Å². The number of carbonyl (C=O) groups excluding carboxylic acids is 2. The van der Waals surface area contributed by atoms with Gasteiger partial charge in [0.05, 0.1) is 0 Å². The zero-order valence-corrected chi connectivity index (χ0v) is 15.4. The predicted octanol–water partition coefficient (Wildman–Crippen LogP) is 3.59. The lowest BCUT2D eigenvalue weighted by atomic mass is 10.1. The molecule has 2 aromatic rings. The smallest absolute Gasteiger partial charge is 0.458 e. The number of nitrogens with zero attached hydrogens (tertiary/aromatic N) is 3. The average Bonchev–Trinajstić information content (AvgIpc) is 3.20. The summed E-state index contributed by atoms with van der Waals surface area (Å²) in [5.74, 6) is -2.40. The third-order valence-electron chi connectivity index (χ3n) is 3.96. The summed E-state index contributed by atoms with van der Waals surface area (Å²) in [7, 11) is 0. The van der Waals surface area contributed by atoms with Crippen LogP contribution in [-0.2, 0) is 20.5 Å². The number of aromatic nitrogens is 2. The molecule has 0 aliphatic carbocycles. The highest BCUT2D eigenvalue weighted by molar-refractivity contribution is 6.02. The van der Waals surface area contributed by atoms with Crippen molar-refractivity contribution >= 4 is 17.6 Å². The summed E-state index contributed by atoms with van der Waals surface area (Å²) < 4.78 is 47.3. The van der Waals surface area contributed by atoms with E-state index in [-0.39, 0.29) is 23.7 Å². The van der Waals surface area contributed by atoms with Crippen molar-refractivity contribution < 1.29 is 32.0 Å². The van der Waals surface area contributed by atoms with Crippen molar-refractivity contribution in [2.24, 2.45) is 0 Å². The molecule has 150 valence electrons. The third kappa shape index (κ3) is 4.15. The van der Waals surface area contributed by atoms with Crippen LogP contribution >= 0.6 is 0 Å². The molecule has 10 heteroatoms. The molecule has 2 heterocycles. The standard InChI is InChI=1S/C18H18F3N3O4/c1-17(2,3)27-15(26)12-8-9-13(25)24(12)11-6-4-10(5-7-11)14-22-16(28-23-14)18(19,20)21/h4-7,12H,8-9H2,1-3H3/t12-/m0/s1. The van der Waals surface area contributed by atoms with E-state index in [0.717, 1.165) is 0 Å². The van der Waals surface area contributed by atoms with Gasteiger partial charge in [-0.15, -0.1) is 0 Å². The largest absolute Gasteiger partial charge is 0.471 e. The van der Waals surface area contributed by atoms with Crippen molar-refractivity contribution in [2.45, 2.75) is 51.4 Å². The molecule has 1 aliphatic heterocycles. The van der Waals surface area contributed by atoms with E-state index in [1.54, 1.807) is 20.8 Å². The summed E-state index contributed by atoms with van der Waals surface area (Å²) in [6.45, 7) is 5.21. The van der Waals surface area contributed by atoms with Crippen molar-refractivity contribution in [3.05, 3.63) is 30.2 Å². The Balaban J connectivity index is 1.82. The first kappa shape index (κ1) is 19.8. The number of benzene rings is 1. The zero-order valence-electron chi connectivity index (χ0n) is 15.4. The summed E-state index contributed by atoms with van der Waals surface area (Å²) in [6, 6.07) is 5.19. The predicted molar refractivity (Wildman–Crippen MR) is 91.1 cm³/mol. The van der Waals surface area contributed by atoms with Crippen molar-refractivity contribution in [1.82, 2.24) is 10.1 Å². The Morgan fingerprint density at radius 2 is 1.86 bits per heavy atom. The average molecular weight is 397 g/mol. The SMILES string of the molecule is CC(C)(C)OC(=O)[C@@H]1CCC(=O)N1c1ccc(-c2noc(C(F)(F)F)n2)cc1. The number of esters is 1. The molecule has 1 aromatic carbocycles. The van der Waals surface area contributed by atoms with Gasteiger partial charge in [-0.05, 0) is 51.5 Å². The molecular formula is C18H18F3N3O4. The van der Waals surface area contributed by atoms with Gasteiger partial charge in [-0.1, -0.05) is 5.16 Å². The number of alkyl halides is 3. The zero-order chi connectivity index (χ0) is 20.7. The van der Waals surface area contributed by atoms with Gasteiger partial charge in [0, 0.05) is 17.7 Å². The highest BCUT2D eigenvalue weighted by atomic mass is 19.4. The molecule has 1 amide bonds. The van der Waals surface area contributed by atoms with Crippen LogP contribution in [0.4, 0.5) is 18.9 Å². The van der Waals surface area contributed by atoms with E-state index in [1.807, 2.05) is 0 Å². The quantitative estimate of drug-likeness (QED) is 0.736. The molecule has 0 bridgehead atoms. The van der Waals surface area contributed by atoms with Crippen molar-refractivity contribution in [3.63, 3.8) is 0 Å². The van der Waals surface area contributed by atoms with Crippen LogP contribution in [0.2, 0.25) is 0 Å². The van der Waals surface area contributed by atoms with E-state index < -0.39 is 29.7 Å². The van der Waals surface area contributed by atoms with Crippen LogP contribution in [0.5, 0.6) is 0 Å². The first-order valence-corrected chi connectivity index (χ1v) is 8.52. The van der Waals surface area contributed by atoms with Gasteiger partial charge in [0.2, 0.25) is 11.7 Å². The van der Waals surface area contributed by atoms with Crippen LogP contribution in [0.3, 0.4) is 0 Å². The number of halogens is 3. The van der Waals surface area contributed by atoms with Gasteiger partial charge in [-0.25, -0.2) is 4.79 Å². The fraction of sp³-hybridized carbons (Fsp3) is 0.444. The van der Waals surface area contributed by atoms with Gasteiger partial charge in [-0.3, -0.25) is 9.69 Å². The number of anilines is 1. The molecule has 1 fully saturated rings. The summed E-state index contributed by atoms with van der Waals surface area (Å²) >= 11 is 0. The maximum Gasteiger partial charge on any atom is 0.471 e. The van der Waals surface area contributed by atoms with Gasteiger partial charge >= 0.3 is 18.0 Å². The molecule has 7 nitrogen and oxygen atoms in total. The van der Waals surface area contributed by atoms with E-state index >= 15 is 0 Å². The highest BCUT2D eigenvalue weighted by Gasteiger charge is 2.40. The van der Waals surface area contributed by atoms with Gasteiger partial charge in [0.1, 0.15) is 11.6 Å². The maximum atomic E-state index is 12.6. The number of rotatable bonds is 3.